The second-order valence-corrected chi connectivity index (χ2v) is 4.81. The van der Waals surface area contributed by atoms with Crippen LogP contribution in [0.25, 0.3) is 0 Å². The molecular weight excluding hydrogens is 202 g/mol. The highest BCUT2D eigenvalue weighted by Crippen LogP contribution is 2.39. The Bertz CT molecular complexity index is 329. The first-order chi connectivity index (χ1) is 7.80. The van der Waals surface area contributed by atoms with Crippen LogP contribution in [0, 0.1) is 0 Å². The summed E-state index contributed by atoms with van der Waals surface area (Å²) in [7, 11) is 0. The average Bonchev–Trinajstić information content (AvgIpc) is 2.95. The first-order valence-electron chi connectivity index (χ1n) is 6.34. The summed E-state index contributed by atoms with van der Waals surface area (Å²) < 4.78 is 5.40. The van der Waals surface area contributed by atoms with E-state index in [-0.39, 0.29) is 5.41 Å². The predicted molar refractivity (Wildman–Crippen MR) is 62.1 cm³/mol. The molecule has 0 aromatic carbocycles. The second kappa shape index (κ2) is 4.95. The zero-order valence-electron chi connectivity index (χ0n) is 10.0. The quantitative estimate of drug-likeness (QED) is 0.831. The van der Waals surface area contributed by atoms with Gasteiger partial charge < -0.3 is 10.3 Å². The molecule has 2 rings (SSSR count). The van der Waals surface area contributed by atoms with Crippen molar-refractivity contribution in [2.45, 2.75) is 57.3 Å². The molecular formula is C12H21N3O. The average molecular weight is 223 g/mol. The molecule has 0 amide bonds. The highest BCUT2D eigenvalue weighted by atomic mass is 16.5. The fourth-order valence-corrected chi connectivity index (χ4v) is 2.46. The van der Waals surface area contributed by atoms with Gasteiger partial charge in [-0.2, -0.15) is 4.98 Å². The van der Waals surface area contributed by atoms with Crippen molar-refractivity contribution in [1.82, 2.24) is 10.1 Å². The fraction of sp³-hybridized carbons (Fsp3) is 0.833. The Kier molecular flexibility index (Phi) is 3.59. The minimum atomic E-state index is -0.0164. The van der Waals surface area contributed by atoms with Crippen LogP contribution in [0.2, 0.25) is 0 Å². The minimum absolute atomic E-state index is 0.0164. The van der Waals surface area contributed by atoms with Gasteiger partial charge in [0, 0.05) is 13.0 Å². The first-order valence-corrected chi connectivity index (χ1v) is 6.34. The van der Waals surface area contributed by atoms with E-state index in [1.165, 1.54) is 12.8 Å². The number of nitrogens with zero attached hydrogens (tertiary/aromatic N) is 2. The lowest BCUT2D eigenvalue weighted by Crippen LogP contribution is -2.32. The zero-order valence-corrected chi connectivity index (χ0v) is 10.0. The summed E-state index contributed by atoms with van der Waals surface area (Å²) >= 11 is 0. The van der Waals surface area contributed by atoms with E-state index in [0.29, 0.717) is 6.54 Å². The highest BCUT2D eigenvalue weighted by Gasteiger charge is 2.39. The lowest BCUT2D eigenvalue weighted by molar-refractivity contribution is 0.283. The Labute approximate surface area is 96.6 Å². The molecule has 4 nitrogen and oxygen atoms in total. The van der Waals surface area contributed by atoms with Crippen LogP contribution >= 0.6 is 0 Å². The van der Waals surface area contributed by atoms with Gasteiger partial charge in [0.15, 0.2) is 5.82 Å². The van der Waals surface area contributed by atoms with Crippen molar-refractivity contribution in [3.05, 3.63) is 11.7 Å². The maximum absolute atomic E-state index is 5.88. The lowest BCUT2D eigenvalue weighted by atomic mass is 9.86. The molecule has 16 heavy (non-hydrogen) atoms. The van der Waals surface area contributed by atoms with E-state index in [2.05, 4.69) is 17.1 Å². The molecule has 1 aromatic rings. The molecule has 0 radical (unpaired) electrons. The van der Waals surface area contributed by atoms with Gasteiger partial charge in [-0.1, -0.05) is 31.3 Å². The summed E-state index contributed by atoms with van der Waals surface area (Å²) in [5, 5.41) is 4.05. The molecule has 90 valence electrons. The van der Waals surface area contributed by atoms with Crippen molar-refractivity contribution >= 4 is 0 Å². The summed E-state index contributed by atoms with van der Waals surface area (Å²) in [5.41, 5.74) is 5.87. The van der Waals surface area contributed by atoms with Gasteiger partial charge in [-0.3, -0.25) is 0 Å². The Morgan fingerprint density at radius 2 is 2.12 bits per heavy atom. The van der Waals surface area contributed by atoms with Gasteiger partial charge in [0.2, 0.25) is 5.89 Å². The molecule has 0 aliphatic heterocycles. The van der Waals surface area contributed by atoms with Gasteiger partial charge in [0.25, 0.3) is 0 Å². The zero-order chi connectivity index (χ0) is 11.4. The second-order valence-electron chi connectivity index (χ2n) is 4.81. The highest BCUT2D eigenvalue weighted by molar-refractivity contribution is 5.09. The van der Waals surface area contributed by atoms with Gasteiger partial charge in [-0.25, -0.2) is 0 Å². The third-order valence-corrected chi connectivity index (χ3v) is 3.63. The van der Waals surface area contributed by atoms with Gasteiger partial charge in [0.1, 0.15) is 0 Å². The molecule has 1 aromatic heterocycles. The summed E-state index contributed by atoms with van der Waals surface area (Å²) in [5.74, 6) is 1.62. The molecule has 0 unspecified atom stereocenters. The van der Waals surface area contributed by atoms with Crippen molar-refractivity contribution in [2.24, 2.45) is 5.73 Å². The van der Waals surface area contributed by atoms with Crippen LogP contribution in [0.15, 0.2) is 4.52 Å². The van der Waals surface area contributed by atoms with Crippen LogP contribution < -0.4 is 5.73 Å². The van der Waals surface area contributed by atoms with Crippen molar-refractivity contribution in [2.75, 3.05) is 6.54 Å². The molecule has 1 saturated carbocycles. The summed E-state index contributed by atoms with van der Waals surface area (Å²) in [6.45, 7) is 2.79. The molecule has 1 aliphatic rings. The molecule has 1 aliphatic carbocycles. The lowest BCUT2D eigenvalue weighted by Gasteiger charge is -2.21. The number of aromatic nitrogens is 2. The van der Waals surface area contributed by atoms with Crippen LogP contribution in [-0.4, -0.2) is 16.7 Å². The molecule has 0 saturated heterocycles. The molecule has 0 spiro atoms. The number of hydrogen-bond acceptors (Lipinski definition) is 4. The van der Waals surface area contributed by atoms with Crippen LogP contribution in [0.3, 0.4) is 0 Å². The van der Waals surface area contributed by atoms with Gasteiger partial charge in [0.05, 0.1) is 5.41 Å². The minimum Gasteiger partial charge on any atom is -0.339 e. The fourth-order valence-electron chi connectivity index (χ4n) is 2.46. The normalized spacial score (nSPS) is 19.1. The Balaban J connectivity index is 2.10. The Morgan fingerprint density at radius 1 is 1.38 bits per heavy atom. The van der Waals surface area contributed by atoms with Crippen LogP contribution in [0.1, 0.15) is 57.2 Å². The van der Waals surface area contributed by atoms with E-state index in [0.717, 1.165) is 43.8 Å². The van der Waals surface area contributed by atoms with Crippen LogP contribution in [0.5, 0.6) is 0 Å². The summed E-state index contributed by atoms with van der Waals surface area (Å²) in [6, 6.07) is 0. The number of rotatable bonds is 5. The predicted octanol–water partition coefficient (Wildman–Crippen LogP) is 2.18. The van der Waals surface area contributed by atoms with Gasteiger partial charge in [-0.05, 0) is 19.3 Å². The standard InChI is InChI=1S/C12H21N3O/c1-2-3-6-10-14-11(16-15-10)12(9-13)7-4-5-8-12/h2-9,13H2,1H3. The van der Waals surface area contributed by atoms with E-state index in [1.807, 2.05) is 0 Å². The van der Waals surface area contributed by atoms with E-state index < -0.39 is 0 Å². The van der Waals surface area contributed by atoms with E-state index in [1.54, 1.807) is 0 Å². The SMILES string of the molecule is CCCCc1noc(C2(CN)CCCC2)n1. The molecule has 2 N–H and O–H groups in total. The van der Waals surface area contributed by atoms with Crippen molar-refractivity contribution < 1.29 is 4.52 Å². The molecule has 4 heteroatoms. The summed E-state index contributed by atoms with van der Waals surface area (Å²) in [4.78, 5) is 4.51. The van der Waals surface area contributed by atoms with Gasteiger partial charge in [-0.15, -0.1) is 0 Å². The number of aryl methyl sites for hydroxylation is 1. The van der Waals surface area contributed by atoms with Crippen LogP contribution in [0.4, 0.5) is 0 Å². The Hall–Kier alpha value is -0.900. The topological polar surface area (TPSA) is 64.9 Å². The largest absolute Gasteiger partial charge is 0.339 e. The third-order valence-electron chi connectivity index (χ3n) is 3.63. The summed E-state index contributed by atoms with van der Waals surface area (Å²) in [6.07, 6.45) is 7.84. The Morgan fingerprint density at radius 3 is 2.75 bits per heavy atom. The molecule has 0 bridgehead atoms. The number of unbranched alkanes of at least 4 members (excludes halogenated alkanes) is 1. The number of nitrogens with two attached hydrogens (primary N) is 1. The number of hydrogen-bond donors (Lipinski definition) is 1. The van der Waals surface area contributed by atoms with E-state index in [4.69, 9.17) is 10.3 Å². The van der Waals surface area contributed by atoms with Crippen molar-refractivity contribution in [3.63, 3.8) is 0 Å². The van der Waals surface area contributed by atoms with Crippen molar-refractivity contribution in [3.8, 4) is 0 Å². The molecule has 1 heterocycles. The van der Waals surface area contributed by atoms with Crippen molar-refractivity contribution in [1.29, 1.82) is 0 Å². The molecule has 0 atom stereocenters. The monoisotopic (exact) mass is 223 g/mol. The van der Waals surface area contributed by atoms with E-state index in [9.17, 15) is 0 Å². The third kappa shape index (κ3) is 2.12. The van der Waals surface area contributed by atoms with E-state index >= 15 is 0 Å². The first kappa shape index (κ1) is 11.6. The maximum atomic E-state index is 5.88. The maximum Gasteiger partial charge on any atom is 0.234 e. The smallest absolute Gasteiger partial charge is 0.234 e. The molecule has 1 fully saturated rings. The van der Waals surface area contributed by atoms with Crippen LogP contribution in [-0.2, 0) is 11.8 Å². The van der Waals surface area contributed by atoms with Gasteiger partial charge >= 0.3 is 0 Å².